The summed E-state index contributed by atoms with van der Waals surface area (Å²) in [4.78, 5) is 0. The van der Waals surface area contributed by atoms with Gasteiger partial charge in [-0.3, -0.25) is 0 Å². The molecule has 1 aromatic rings. The molecule has 2 saturated heterocycles. The molecule has 2 heterocycles. The van der Waals surface area contributed by atoms with Crippen LogP contribution in [-0.4, -0.2) is 44.3 Å². The van der Waals surface area contributed by atoms with Crippen molar-refractivity contribution in [1.82, 2.24) is 0 Å². The first-order valence-electron chi connectivity index (χ1n) is 8.84. The van der Waals surface area contributed by atoms with Gasteiger partial charge in [0, 0.05) is 0 Å². The number of benzene rings is 1. The van der Waals surface area contributed by atoms with E-state index >= 15 is 0 Å². The maximum Gasteiger partial charge on any atom is 0.494 e. The lowest BCUT2D eigenvalue weighted by molar-refractivity contribution is 0.00578. The van der Waals surface area contributed by atoms with E-state index in [1.165, 1.54) is 0 Å². The molecule has 2 aliphatic rings. The normalized spacial score (nSPS) is 25.2. The zero-order valence-corrected chi connectivity index (χ0v) is 16.3. The number of hydrogen-bond donors (Lipinski definition) is 0. The van der Waals surface area contributed by atoms with Gasteiger partial charge in [0.05, 0.1) is 35.4 Å². The lowest BCUT2D eigenvalue weighted by atomic mass is 9.79. The number of sulfone groups is 1. The fourth-order valence-electron chi connectivity index (χ4n) is 3.00. The van der Waals surface area contributed by atoms with Crippen LogP contribution < -0.4 is 5.46 Å². The smallest absolute Gasteiger partial charge is 0.399 e. The molecule has 25 heavy (non-hydrogen) atoms. The average molecular weight is 366 g/mol. The second-order valence-corrected chi connectivity index (χ2v) is 10.3. The van der Waals surface area contributed by atoms with Crippen LogP contribution in [0, 0.1) is 0 Å². The van der Waals surface area contributed by atoms with Gasteiger partial charge in [0.15, 0.2) is 9.84 Å². The Hall–Kier alpha value is -0.885. The zero-order valence-electron chi connectivity index (χ0n) is 15.4. The molecule has 138 valence electrons. The summed E-state index contributed by atoms with van der Waals surface area (Å²) in [6.07, 6.45) is 1.22. The molecule has 0 N–H and O–H groups in total. The van der Waals surface area contributed by atoms with Gasteiger partial charge in [-0.25, -0.2) is 8.42 Å². The molecule has 5 nitrogen and oxygen atoms in total. The van der Waals surface area contributed by atoms with Crippen molar-refractivity contribution in [2.24, 2.45) is 0 Å². The van der Waals surface area contributed by atoms with Crippen LogP contribution >= 0.6 is 0 Å². The van der Waals surface area contributed by atoms with Crippen LogP contribution in [0.4, 0.5) is 0 Å². The Morgan fingerprint density at radius 1 is 1.04 bits per heavy atom. The number of rotatable bonds is 4. The van der Waals surface area contributed by atoms with Crippen LogP contribution in [0.5, 0.6) is 0 Å². The van der Waals surface area contributed by atoms with E-state index in [0.717, 1.165) is 11.0 Å². The van der Waals surface area contributed by atoms with Gasteiger partial charge < -0.3 is 14.0 Å². The van der Waals surface area contributed by atoms with Gasteiger partial charge in [-0.2, -0.15) is 0 Å². The van der Waals surface area contributed by atoms with Crippen molar-refractivity contribution in [2.75, 3.05) is 11.5 Å². The largest absolute Gasteiger partial charge is 0.494 e. The Labute approximate surface area is 151 Å². The number of hydrogen-bond acceptors (Lipinski definition) is 5. The lowest BCUT2D eigenvalue weighted by Gasteiger charge is -2.32. The SMILES string of the molecule is CC1(C)OB(c2ccc(COC3CCS(=O)(=O)CC3)cc2)OC1(C)C. The fourth-order valence-corrected chi connectivity index (χ4v) is 4.45. The maximum atomic E-state index is 11.4. The van der Waals surface area contributed by atoms with Crippen molar-refractivity contribution in [1.29, 1.82) is 0 Å². The molecule has 0 saturated carbocycles. The predicted molar refractivity (Wildman–Crippen MR) is 98.6 cm³/mol. The molecular weight excluding hydrogens is 339 g/mol. The van der Waals surface area contributed by atoms with Crippen molar-refractivity contribution >= 4 is 22.4 Å². The first-order valence-corrected chi connectivity index (χ1v) is 10.7. The van der Waals surface area contributed by atoms with E-state index in [0.29, 0.717) is 19.4 Å². The van der Waals surface area contributed by atoms with Gasteiger partial charge in [0.2, 0.25) is 0 Å². The summed E-state index contributed by atoms with van der Waals surface area (Å²) >= 11 is 0. The minimum Gasteiger partial charge on any atom is -0.399 e. The van der Waals surface area contributed by atoms with Gasteiger partial charge in [-0.1, -0.05) is 24.3 Å². The molecule has 3 rings (SSSR count). The standard InChI is InChI=1S/C18H27BO5S/c1-17(2)18(3,4)24-19(23-17)15-7-5-14(6-8-15)13-22-16-9-11-25(20,21)12-10-16/h5-8,16H,9-13H2,1-4H3. The Morgan fingerprint density at radius 2 is 1.56 bits per heavy atom. The van der Waals surface area contributed by atoms with Gasteiger partial charge in [0.25, 0.3) is 0 Å². The third-order valence-corrected chi connectivity index (χ3v) is 7.21. The molecule has 0 bridgehead atoms. The Balaban J connectivity index is 1.55. The average Bonchev–Trinajstić information content (AvgIpc) is 2.75. The minimum atomic E-state index is -2.84. The van der Waals surface area contributed by atoms with E-state index in [-0.39, 0.29) is 35.9 Å². The van der Waals surface area contributed by atoms with Crippen molar-refractivity contribution < 1.29 is 22.5 Å². The van der Waals surface area contributed by atoms with Gasteiger partial charge in [-0.15, -0.1) is 0 Å². The Morgan fingerprint density at radius 3 is 2.08 bits per heavy atom. The Kier molecular flexibility index (Phi) is 5.05. The van der Waals surface area contributed by atoms with Gasteiger partial charge in [-0.05, 0) is 51.6 Å². The summed E-state index contributed by atoms with van der Waals surface area (Å²) in [7, 11) is -3.20. The molecular formula is C18H27BO5S. The van der Waals surface area contributed by atoms with Gasteiger partial charge >= 0.3 is 7.12 Å². The molecule has 0 aromatic heterocycles. The number of ether oxygens (including phenoxy) is 1. The summed E-state index contributed by atoms with van der Waals surface area (Å²) < 4.78 is 40.9. The van der Waals surface area contributed by atoms with Crippen LogP contribution in [0.2, 0.25) is 0 Å². The van der Waals surface area contributed by atoms with Crippen LogP contribution in [0.3, 0.4) is 0 Å². The summed E-state index contributed by atoms with van der Waals surface area (Å²) in [5.74, 6) is 0.469. The third-order valence-electron chi connectivity index (χ3n) is 5.49. The predicted octanol–water partition coefficient (Wildman–Crippen LogP) is 2.08. The highest BCUT2D eigenvalue weighted by molar-refractivity contribution is 7.91. The molecule has 2 fully saturated rings. The molecule has 2 aliphatic heterocycles. The summed E-state index contributed by atoms with van der Waals surface area (Å²) in [5.41, 5.74) is 1.36. The first-order chi connectivity index (χ1) is 11.6. The fraction of sp³-hybridized carbons (Fsp3) is 0.667. The van der Waals surface area contributed by atoms with Crippen molar-refractivity contribution in [3.05, 3.63) is 29.8 Å². The molecule has 0 atom stereocenters. The highest BCUT2D eigenvalue weighted by atomic mass is 32.2. The third kappa shape index (κ3) is 4.27. The first kappa shape index (κ1) is 18.9. The van der Waals surface area contributed by atoms with E-state index in [9.17, 15) is 8.42 Å². The highest BCUT2D eigenvalue weighted by Crippen LogP contribution is 2.36. The van der Waals surface area contributed by atoms with Crippen molar-refractivity contribution in [2.45, 2.75) is 64.4 Å². The van der Waals surface area contributed by atoms with Crippen molar-refractivity contribution in [3.8, 4) is 0 Å². The summed E-state index contributed by atoms with van der Waals surface area (Å²) in [5, 5.41) is 0. The molecule has 1 aromatic carbocycles. The molecule has 7 heteroatoms. The molecule has 0 radical (unpaired) electrons. The molecule has 0 amide bonds. The second kappa shape index (κ2) is 6.69. The lowest BCUT2D eigenvalue weighted by Crippen LogP contribution is -2.41. The highest BCUT2D eigenvalue weighted by Gasteiger charge is 2.51. The van der Waals surface area contributed by atoms with Crippen LogP contribution in [-0.2, 0) is 30.5 Å². The quantitative estimate of drug-likeness (QED) is 0.764. The molecule has 0 aliphatic carbocycles. The van der Waals surface area contributed by atoms with E-state index in [1.807, 2.05) is 52.0 Å². The second-order valence-electron chi connectivity index (χ2n) is 7.99. The van der Waals surface area contributed by atoms with E-state index < -0.39 is 9.84 Å². The van der Waals surface area contributed by atoms with E-state index in [2.05, 4.69) is 0 Å². The summed E-state index contributed by atoms with van der Waals surface area (Å²) in [6.45, 7) is 8.66. The Bertz CT molecular complexity index is 681. The molecule has 0 spiro atoms. The van der Waals surface area contributed by atoms with Crippen LogP contribution in [0.1, 0.15) is 46.1 Å². The molecule has 0 unspecified atom stereocenters. The van der Waals surface area contributed by atoms with Crippen LogP contribution in [0.15, 0.2) is 24.3 Å². The maximum absolute atomic E-state index is 11.4. The monoisotopic (exact) mass is 366 g/mol. The minimum absolute atomic E-state index is 0.0336. The zero-order chi connectivity index (χ0) is 18.3. The summed E-state index contributed by atoms with van der Waals surface area (Å²) in [6, 6.07) is 8.04. The topological polar surface area (TPSA) is 61.8 Å². The van der Waals surface area contributed by atoms with Crippen molar-refractivity contribution in [3.63, 3.8) is 0 Å². The van der Waals surface area contributed by atoms with E-state index in [1.54, 1.807) is 0 Å². The van der Waals surface area contributed by atoms with Crippen LogP contribution in [0.25, 0.3) is 0 Å². The van der Waals surface area contributed by atoms with E-state index in [4.69, 9.17) is 14.0 Å². The van der Waals surface area contributed by atoms with Gasteiger partial charge in [0.1, 0.15) is 0 Å².